The summed E-state index contributed by atoms with van der Waals surface area (Å²) in [5, 5.41) is 7.54. The Hall–Kier alpha value is -1.92. The van der Waals surface area contributed by atoms with E-state index in [9.17, 15) is 9.18 Å². The third-order valence-electron chi connectivity index (χ3n) is 4.27. The number of halogens is 2. The van der Waals surface area contributed by atoms with Crippen LogP contribution in [0.4, 0.5) is 10.1 Å². The van der Waals surface area contributed by atoms with Crippen LogP contribution in [0.3, 0.4) is 0 Å². The van der Waals surface area contributed by atoms with Crippen LogP contribution >= 0.6 is 11.6 Å². The highest BCUT2D eigenvalue weighted by molar-refractivity contribution is 6.31. The number of carbonyl (C=O) groups is 1. The number of amides is 1. The number of aromatic nitrogens is 2. The van der Waals surface area contributed by atoms with Crippen molar-refractivity contribution in [3.8, 4) is 0 Å². The second kappa shape index (κ2) is 7.32. The number of hydrogen-bond donors (Lipinski definition) is 1. The van der Waals surface area contributed by atoms with Gasteiger partial charge in [0, 0.05) is 24.2 Å². The highest BCUT2D eigenvalue weighted by atomic mass is 35.5. The highest BCUT2D eigenvalue weighted by Gasteiger charge is 2.22. The number of rotatable bonds is 5. The SMILES string of the molecule is Cc1nn(C)c(C)c1NC(=O)[C@H](C)N(C)Cc1c(F)cccc1Cl. The molecule has 0 aliphatic rings. The molecule has 0 aliphatic heterocycles. The monoisotopic (exact) mass is 352 g/mol. The summed E-state index contributed by atoms with van der Waals surface area (Å²) in [6.07, 6.45) is 0. The van der Waals surface area contributed by atoms with E-state index in [1.807, 2.05) is 20.9 Å². The Morgan fingerprint density at radius 3 is 2.67 bits per heavy atom. The van der Waals surface area contributed by atoms with Gasteiger partial charge in [-0.25, -0.2) is 4.39 Å². The lowest BCUT2D eigenvalue weighted by Crippen LogP contribution is -2.39. The number of nitrogens with one attached hydrogen (secondary N) is 1. The topological polar surface area (TPSA) is 50.2 Å². The van der Waals surface area contributed by atoms with Crippen molar-refractivity contribution in [3.05, 3.63) is 46.0 Å². The molecule has 0 fully saturated rings. The molecule has 24 heavy (non-hydrogen) atoms. The first-order valence-corrected chi connectivity index (χ1v) is 8.04. The number of anilines is 1. The van der Waals surface area contributed by atoms with Crippen molar-refractivity contribution < 1.29 is 9.18 Å². The molecular weight excluding hydrogens is 331 g/mol. The van der Waals surface area contributed by atoms with Gasteiger partial charge in [-0.2, -0.15) is 5.10 Å². The largest absolute Gasteiger partial charge is 0.322 e. The van der Waals surface area contributed by atoms with Crippen molar-refractivity contribution in [2.24, 2.45) is 7.05 Å². The maximum Gasteiger partial charge on any atom is 0.241 e. The Bertz CT molecular complexity index is 739. The van der Waals surface area contributed by atoms with Gasteiger partial charge in [0.25, 0.3) is 0 Å². The predicted octanol–water partition coefficient (Wildman–Crippen LogP) is 3.29. The lowest BCUT2D eigenvalue weighted by atomic mass is 10.1. The van der Waals surface area contributed by atoms with Crippen LogP contribution in [0, 0.1) is 19.7 Å². The maximum absolute atomic E-state index is 13.9. The quantitative estimate of drug-likeness (QED) is 0.898. The molecule has 1 heterocycles. The summed E-state index contributed by atoms with van der Waals surface area (Å²) in [6.45, 7) is 5.75. The van der Waals surface area contributed by atoms with Crippen LogP contribution in [-0.2, 0) is 18.4 Å². The molecule has 0 bridgehead atoms. The fraction of sp³-hybridized carbons (Fsp3) is 0.412. The van der Waals surface area contributed by atoms with Crippen LogP contribution < -0.4 is 5.32 Å². The first-order valence-electron chi connectivity index (χ1n) is 7.66. The average molecular weight is 353 g/mol. The molecule has 1 N–H and O–H groups in total. The normalized spacial score (nSPS) is 12.5. The molecule has 0 radical (unpaired) electrons. The van der Waals surface area contributed by atoms with Gasteiger partial charge in [-0.3, -0.25) is 14.4 Å². The maximum atomic E-state index is 13.9. The average Bonchev–Trinajstić information content (AvgIpc) is 2.76. The van der Waals surface area contributed by atoms with Gasteiger partial charge in [0.05, 0.1) is 23.1 Å². The molecule has 130 valence electrons. The first kappa shape index (κ1) is 18.4. The summed E-state index contributed by atoms with van der Waals surface area (Å²) in [4.78, 5) is 14.3. The smallest absolute Gasteiger partial charge is 0.241 e. The van der Waals surface area contributed by atoms with E-state index in [0.717, 1.165) is 11.4 Å². The molecule has 0 saturated carbocycles. The molecular formula is C17H22ClFN4O. The third kappa shape index (κ3) is 3.76. The zero-order chi connectivity index (χ0) is 18.0. The second-order valence-corrected chi connectivity index (χ2v) is 6.36. The number of nitrogens with zero attached hydrogens (tertiary/aromatic N) is 3. The van der Waals surface area contributed by atoms with Gasteiger partial charge >= 0.3 is 0 Å². The van der Waals surface area contributed by atoms with Gasteiger partial charge in [0.2, 0.25) is 5.91 Å². The molecule has 1 aromatic heterocycles. The number of benzene rings is 1. The number of aryl methyl sites for hydroxylation is 2. The Labute approximate surface area is 146 Å². The van der Waals surface area contributed by atoms with Gasteiger partial charge in [-0.15, -0.1) is 0 Å². The van der Waals surface area contributed by atoms with E-state index in [1.165, 1.54) is 6.07 Å². The van der Waals surface area contributed by atoms with Crippen LogP contribution in [0.25, 0.3) is 0 Å². The minimum atomic E-state index is -0.459. The van der Waals surface area contributed by atoms with Gasteiger partial charge < -0.3 is 5.32 Å². The lowest BCUT2D eigenvalue weighted by Gasteiger charge is -2.24. The van der Waals surface area contributed by atoms with E-state index in [0.29, 0.717) is 16.3 Å². The van der Waals surface area contributed by atoms with Gasteiger partial charge in [0.1, 0.15) is 5.82 Å². The predicted molar refractivity (Wildman–Crippen MR) is 93.7 cm³/mol. The molecule has 5 nitrogen and oxygen atoms in total. The van der Waals surface area contributed by atoms with Crippen LogP contribution in [0.15, 0.2) is 18.2 Å². The highest BCUT2D eigenvalue weighted by Crippen LogP contribution is 2.22. The van der Waals surface area contributed by atoms with E-state index < -0.39 is 6.04 Å². The van der Waals surface area contributed by atoms with Crippen molar-refractivity contribution in [2.45, 2.75) is 33.4 Å². The van der Waals surface area contributed by atoms with Crippen LogP contribution in [0.2, 0.25) is 5.02 Å². The van der Waals surface area contributed by atoms with E-state index in [-0.39, 0.29) is 18.3 Å². The molecule has 0 unspecified atom stereocenters. The minimum Gasteiger partial charge on any atom is -0.322 e. The molecule has 0 aliphatic carbocycles. The molecule has 0 saturated heterocycles. The van der Waals surface area contributed by atoms with Crippen molar-refractivity contribution in [2.75, 3.05) is 12.4 Å². The lowest BCUT2D eigenvalue weighted by molar-refractivity contribution is -0.120. The fourth-order valence-corrected chi connectivity index (χ4v) is 2.67. The summed E-state index contributed by atoms with van der Waals surface area (Å²) in [6, 6.07) is 4.11. The zero-order valence-corrected chi connectivity index (χ0v) is 15.3. The summed E-state index contributed by atoms with van der Waals surface area (Å²) in [7, 11) is 3.59. The molecule has 7 heteroatoms. The molecule has 1 atom stereocenters. The van der Waals surface area contributed by atoms with Gasteiger partial charge in [-0.05, 0) is 40.0 Å². The van der Waals surface area contributed by atoms with Crippen molar-refractivity contribution in [1.29, 1.82) is 0 Å². The molecule has 2 rings (SSSR count). The molecule has 2 aromatic rings. The number of likely N-dealkylation sites (N-methyl/N-ethyl adjacent to an activating group) is 1. The molecule has 1 amide bonds. The van der Waals surface area contributed by atoms with E-state index in [1.54, 1.807) is 35.7 Å². The summed E-state index contributed by atoms with van der Waals surface area (Å²) < 4.78 is 15.6. The van der Waals surface area contributed by atoms with Crippen molar-refractivity contribution >= 4 is 23.2 Å². The Balaban J connectivity index is 2.10. The van der Waals surface area contributed by atoms with E-state index in [2.05, 4.69) is 10.4 Å². The van der Waals surface area contributed by atoms with E-state index >= 15 is 0 Å². The first-order chi connectivity index (χ1) is 11.2. The fourth-order valence-electron chi connectivity index (χ4n) is 2.45. The third-order valence-corrected chi connectivity index (χ3v) is 4.62. The summed E-state index contributed by atoms with van der Waals surface area (Å²) in [5.41, 5.74) is 2.74. The number of carbonyl (C=O) groups excluding carboxylic acids is 1. The van der Waals surface area contributed by atoms with Gasteiger partial charge in [-0.1, -0.05) is 17.7 Å². The molecule has 1 aromatic carbocycles. The Kier molecular flexibility index (Phi) is 5.62. The molecule has 0 spiro atoms. The summed E-state index contributed by atoms with van der Waals surface area (Å²) >= 11 is 6.05. The van der Waals surface area contributed by atoms with E-state index in [4.69, 9.17) is 11.6 Å². The minimum absolute atomic E-state index is 0.177. The summed E-state index contributed by atoms with van der Waals surface area (Å²) in [5.74, 6) is -0.551. The number of hydrogen-bond acceptors (Lipinski definition) is 3. The Morgan fingerprint density at radius 2 is 2.12 bits per heavy atom. The van der Waals surface area contributed by atoms with Crippen LogP contribution in [0.1, 0.15) is 23.9 Å². The van der Waals surface area contributed by atoms with Gasteiger partial charge in [0.15, 0.2) is 0 Å². The van der Waals surface area contributed by atoms with Crippen LogP contribution in [-0.4, -0.2) is 33.7 Å². The second-order valence-electron chi connectivity index (χ2n) is 5.95. The van der Waals surface area contributed by atoms with Crippen molar-refractivity contribution in [1.82, 2.24) is 14.7 Å². The standard InChI is InChI=1S/C17H22ClFN4O/c1-10-16(11(2)23(5)21-10)20-17(24)12(3)22(4)9-13-14(18)7-6-8-15(13)19/h6-8,12H,9H2,1-5H3,(H,20,24)/t12-/m0/s1. The Morgan fingerprint density at radius 1 is 1.46 bits per heavy atom. The zero-order valence-electron chi connectivity index (χ0n) is 14.5. The van der Waals surface area contributed by atoms with Crippen molar-refractivity contribution in [3.63, 3.8) is 0 Å². The van der Waals surface area contributed by atoms with Crippen LogP contribution in [0.5, 0.6) is 0 Å².